The summed E-state index contributed by atoms with van der Waals surface area (Å²) in [6, 6.07) is 10.2. The molecule has 0 spiro atoms. The molecule has 0 radical (unpaired) electrons. The number of nitrogens with zero attached hydrogens (tertiary/aromatic N) is 4. The van der Waals surface area contributed by atoms with E-state index < -0.39 is 17.8 Å². The monoisotopic (exact) mass is 499 g/mol. The molecule has 0 unspecified atom stereocenters. The number of carbonyl (C=O) groups excluding carboxylic acids is 1. The number of urea groups is 1. The number of aryl methyl sites for hydroxylation is 2. The van der Waals surface area contributed by atoms with Crippen LogP contribution in [-0.2, 0) is 12.7 Å². The van der Waals surface area contributed by atoms with Gasteiger partial charge < -0.3 is 10.1 Å². The average Bonchev–Trinajstić information content (AvgIpc) is 3.25. The number of alkyl halides is 3. The van der Waals surface area contributed by atoms with Gasteiger partial charge in [-0.2, -0.15) is 13.2 Å². The third-order valence-corrected chi connectivity index (χ3v) is 5.32. The molecule has 2 amide bonds. The Kier molecular flexibility index (Phi) is 6.86. The van der Waals surface area contributed by atoms with Crippen molar-refractivity contribution in [3.05, 3.63) is 77.5 Å². The molecular formula is C24H22F3N6O3+. The number of rotatable bonds is 6. The highest BCUT2D eigenvalue weighted by molar-refractivity contribution is 5.98. The van der Waals surface area contributed by atoms with Crippen LogP contribution in [0, 0.1) is 13.8 Å². The molecule has 0 saturated heterocycles. The van der Waals surface area contributed by atoms with Crippen LogP contribution in [-0.4, -0.2) is 28.4 Å². The molecule has 9 nitrogen and oxygen atoms in total. The van der Waals surface area contributed by atoms with Gasteiger partial charge in [0.2, 0.25) is 11.8 Å². The van der Waals surface area contributed by atoms with Gasteiger partial charge in [0, 0.05) is 28.2 Å². The number of ether oxygens (including phenoxy) is 1. The second kappa shape index (κ2) is 10.0. The van der Waals surface area contributed by atoms with E-state index in [1.165, 1.54) is 23.3 Å². The Bertz CT molecular complexity index is 1370. The average molecular weight is 499 g/mol. The lowest BCUT2D eigenvalue weighted by atomic mass is 10.0. The van der Waals surface area contributed by atoms with Crippen molar-refractivity contribution in [1.82, 2.24) is 15.2 Å². The Hall–Kier alpha value is -4.48. The fourth-order valence-corrected chi connectivity index (χ4v) is 3.66. The number of nitrogens with one attached hydrogen (secondary N) is 2. The predicted molar refractivity (Wildman–Crippen MR) is 123 cm³/mol. The molecule has 0 bridgehead atoms. The molecule has 36 heavy (non-hydrogen) atoms. The lowest BCUT2D eigenvalue weighted by Gasteiger charge is -2.13. The molecule has 186 valence electrons. The van der Waals surface area contributed by atoms with E-state index in [9.17, 15) is 18.0 Å². The van der Waals surface area contributed by atoms with E-state index in [2.05, 4.69) is 25.9 Å². The van der Waals surface area contributed by atoms with E-state index in [0.29, 0.717) is 6.54 Å². The number of halogens is 3. The van der Waals surface area contributed by atoms with Crippen LogP contribution in [0.1, 0.15) is 22.5 Å². The zero-order valence-corrected chi connectivity index (χ0v) is 19.6. The Morgan fingerprint density at radius 2 is 1.75 bits per heavy atom. The van der Waals surface area contributed by atoms with Crippen molar-refractivity contribution in [3.63, 3.8) is 0 Å². The smallest absolute Gasteiger partial charge is 0.420 e. The molecule has 0 aliphatic rings. The van der Waals surface area contributed by atoms with Crippen LogP contribution >= 0.6 is 0 Å². The summed E-state index contributed by atoms with van der Waals surface area (Å²) in [5.74, 6) is -0.332. The number of hydrogen-bond acceptors (Lipinski definition) is 6. The summed E-state index contributed by atoms with van der Waals surface area (Å²) in [6.45, 7) is 4.22. The van der Waals surface area contributed by atoms with Crippen LogP contribution in [0.15, 0.2) is 59.5 Å². The van der Waals surface area contributed by atoms with E-state index in [-0.39, 0.29) is 17.3 Å². The lowest BCUT2D eigenvalue weighted by molar-refractivity contribution is -0.754. The quantitative estimate of drug-likeness (QED) is 0.371. The minimum Gasteiger partial charge on any atom is -0.496 e. The summed E-state index contributed by atoms with van der Waals surface area (Å²) >= 11 is 0. The second-order valence-electron chi connectivity index (χ2n) is 7.87. The minimum absolute atomic E-state index is 0.0151. The van der Waals surface area contributed by atoms with Crippen molar-refractivity contribution in [1.29, 1.82) is 0 Å². The zero-order chi connectivity index (χ0) is 25.9. The molecule has 4 aromatic rings. The Labute approximate surface area is 203 Å². The Morgan fingerprint density at radius 1 is 1.06 bits per heavy atom. The van der Waals surface area contributed by atoms with Crippen LogP contribution < -0.4 is 20.1 Å². The first-order valence-corrected chi connectivity index (χ1v) is 10.7. The van der Waals surface area contributed by atoms with Crippen molar-refractivity contribution in [2.45, 2.75) is 26.6 Å². The summed E-state index contributed by atoms with van der Waals surface area (Å²) in [6.07, 6.45) is -1.64. The number of anilines is 2. The highest BCUT2D eigenvalue weighted by Gasteiger charge is 2.34. The largest absolute Gasteiger partial charge is 0.496 e. The van der Waals surface area contributed by atoms with Gasteiger partial charge in [0.1, 0.15) is 12.1 Å². The van der Waals surface area contributed by atoms with Crippen molar-refractivity contribution < 1.29 is 31.9 Å². The van der Waals surface area contributed by atoms with Crippen molar-refractivity contribution in [2.24, 2.45) is 0 Å². The van der Waals surface area contributed by atoms with Crippen molar-refractivity contribution >= 4 is 17.6 Å². The Morgan fingerprint density at radius 3 is 2.39 bits per heavy atom. The third-order valence-electron chi connectivity index (χ3n) is 5.32. The van der Waals surface area contributed by atoms with Crippen LogP contribution in [0.25, 0.3) is 11.1 Å². The molecule has 0 aliphatic carbocycles. The first-order chi connectivity index (χ1) is 17.1. The lowest BCUT2D eigenvalue weighted by Crippen LogP contribution is -2.35. The number of amides is 2. The molecule has 2 N–H and O–H groups in total. The van der Waals surface area contributed by atoms with E-state index in [0.717, 1.165) is 47.3 Å². The highest BCUT2D eigenvalue weighted by Crippen LogP contribution is 2.37. The topological polar surface area (TPSA) is 106 Å². The van der Waals surface area contributed by atoms with Gasteiger partial charge in [0.05, 0.1) is 12.7 Å². The molecule has 2 heterocycles. The maximum absolute atomic E-state index is 13.2. The molecule has 0 aliphatic heterocycles. The van der Waals surface area contributed by atoms with Gasteiger partial charge in [-0.3, -0.25) is 9.84 Å². The molecule has 0 saturated carbocycles. The minimum atomic E-state index is -4.64. The van der Waals surface area contributed by atoms with Crippen LogP contribution in [0.4, 0.5) is 29.5 Å². The second-order valence-corrected chi connectivity index (χ2v) is 7.87. The van der Waals surface area contributed by atoms with Gasteiger partial charge >= 0.3 is 18.1 Å². The SMILES string of the molecule is COc1ccc(NC(=O)Nc2c[n+](Cc3ccc(-c4c(C)ncnc4C)cc3)no2)cc1C(F)(F)F. The summed E-state index contributed by atoms with van der Waals surface area (Å²) in [7, 11) is 1.14. The number of methoxy groups -OCH3 is 1. The normalized spacial score (nSPS) is 11.3. The van der Waals surface area contributed by atoms with E-state index in [1.807, 2.05) is 38.1 Å². The summed E-state index contributed by atoms with van der Waals surface area (Å²) in [5.41, 5.74) is 3.61. The van der Waals surface area contributed by atoms with E-state index in [4.69, 9.17) is 9.26 Å². The fourth-order valence-electron chi connectivity index (χ4n) is 3.66. The van der Waals surface area contributed by atoms with Crippen LogP contribution in [0.2, 0.25) is 0 Å². The summed E-state index contributed by atoms with van der Waals surface area (Å²) in [4.78, 5) is 20.7. The molecule has 4 rings (SSSR count). The first kappa shape index (κ1) is 24.6. The van der Waals surface area contributed by atoms with E-state index in [1.54, 1.807) is 0 Å². The zero-order valence-electron chi connectivity index (χ0n) is 19.6. The van der Waals surface area contributed by atoms with Gasteiger partial charge in [-0.1, -0.05) is 24.3 Å². The molecule has 12 heteroatoms. The molecule has 2 aromatic heterocycles. The van der Waals surface area contributed by atoms with Gasteiger partial charge in [0.15, 0.2) is 0 Å². The number of hydrogen-bond donors (Lipinski definition) is 2. The third kappa shape index (κ3) is 5.59. The molecule has 2 aromatic carbocycles. The maximum Gasteiger partial charge on any atom is 0.420 e. The highest BCUT2D eigenvalue weighted by atomic mass is 19.4. The van der Waals surface area contributed by atoms with Gasteiger partial charge in [-0.15, -0.1) is 0 Å². The van der Waals surface area contributed by atoms with Gasteiger partial charge in [-0.25, -0.2) is 14.8 Å². The molecule has 0 fully saturated rings. The molecular weight excluding hydrogens is 477 g/mol. The number of carbonyl (C=O) groups is 1. The predicted octanol–water partition coefficient (Wildman–Crippen LogP) is 4.76. The van der Waals surface area contributed by atoms with Crippen LogP contribution in [0.5, 0.6) is 5.75 Å². The van der Waals surface area contributed by atoms with Crippen molar-refractivity contribution in [2.75, 3.05) is 17.7 Å². The fraction of sp³-hybridized carbons (Fsp3) is 0.208. The van der Waals surface area contributed by atoms with E-state index >= 15 is 0 Å². The molecule has 0 atom stereocenters. The Balaban J connectivity index is 1.39. The first-order valence-electron chi connectivity index (χ1n) is 10.7. The summed E-state index contributed by atoms with van der Waals surface area (Å²) < 4.78 is 50.9. The maximum atomic E-state index is 13.2. The van der Waals surface area contributed by atoms with Gasteiger partial charge in [0.25, 0.3) is 6.20 Å². The standard InChI is InChI=1S/C24H21F3N6O3/c1-14-22(15(2)29-13-28-14)17-6-4-16(5-7-17)11-33-12-21(36-32-33)31-23(34)30-18-8-9-20(35-3)19(10-18)24(25,26)27/h4-10,12-13H,11H2,1-3H3,(H-,30,31,32,34)/p+1. The van der Waals surface area contributed by atoms with Crippen molar-refractivity contribution in [3.8, 4) is 16.9 Å². The summed E-state index contributed by atoms with van der Waals surface area (Å²) in [5, 5.41) is 8.59. The number of aromatic nitrogens is 4. The van der Waals surface area contributed by atoms with Gasteiger partial charge in [-0.05, 0) is 42.3 Å². The van der Waals surface area contributed by atoms with Crippen LogP contribution in [0.3, 0.4) is 0 Å². The number of benzene rings is 2.